The van der Waals surface area contributed by atoms with Crippen LogP contribution in [0.25, 0.3) is 0 Å². The second-order valence-electron chi connectivity index (χ2n) is 2.81. The first-order chi connectivity index (χ1) is 7.27. The maximum Gasteiger partial charge on any atom is 0.433 e. The molecule has 0 N–H and O–H groups in total. The minimum atomic E-state index is -4.71. The van der Waals surface area contributed by atoms with Crippen molar-refractivity contribution in [2.45, 2.75) is 17.9 Å². The summed E-state index contributed by atoms with van der Waals surface area (Å²) < 4.78 is 62.0. The van der Waals surface area contributed by atoms with E-state index in [0.29, 0.717) is 6.07 Å². The lowest BCUT2D eigenvalue weighted by Gasteiger charge is -2.12. The fourth-order valence-electron chi connectivity index (χ4n) is 1.05. The van der Waals surface area contributed by atoms with Crippen LogP contribution in [0.1, 0.15) is 23.2 Å². The summed E-state index contributed by atoms with van der Waals surface area (Å²) in [4.78, 5) is 2.97. The second kappa shape index (κ2) is 4.83. The van der Waals surface area contributed by atoms with E-state index in [1.807, 2.05) is 0 Å². The molecule has 0 bridgehead atoms. The Morgan fingerprint density at radius 3 is 2.31 bits per heavy atom. The van der Waals surface area contributed by atoms with Crippen molar-refractivity contribution in [3.63, 3.8) is 0 Å². The second-order valence-corrected chi connectivity index (χ2v) is 3.73. The molecule has 16 heavy (non-hydrogen) atoms. The molecule has 0 saturated heterocycles. The molecule has 0 radical (unpaired) electrons. The standard InChI is InChI=1S/C8H4BrClF5N/c9-2-3-1-4(7(11)12)6(10)16-5(3)8(13,14)15/h1,7H,2H2. The molecule has 8 heteroatoms. The largest absolute Gasteiger partial charge is 0.433 e. The van der Waals surface area contributed by atoms with Crippen LogP contribution in [-0.4, -0.2) is 4.98 Å². The molecule has 0 saturated carbocycles. The van der Waals surface area contributed by atoms with Gasteiger partial charge in [-0.15, -0.1) is 0 Å². The number of halogens is 7. The molecule has 1 rings (SSSR count). The molecule has 0 aliphatic heterocycles. The Labute approximate surface area is 101 Å². The van der Waals surface area contributed by atoms with Crippen molar-refractivity contribution in [1.82, 2.24) is 4.98 Å². The summed E-state index contributed by atoms with van der Waals surface area (Å²) in [5.41, 5.74) is -2.32. The first-order valence-electron chi connectivity index (χ1n) is 3.88. The van der Waals surface area contributed by atoms with E-state index in [9.17, 15) is 22.0 Å². The van der Waals surface area contributed by atoms with Gasteiger partial charge in [-0.1, -0.05) is 27.5 Å². The van der Waals surface area contributed by atoms with Gasteiger partial charge in [-0.05, 0) is 11.6 Å². The number of aromatic nitrogens is 1. The highest BCUT2D eigenvalue weighted by Gasteiger charge is 2.36. The van der Waals surface area contributed by atoms with Gasteiger partial charge in [0.25, 0.3) is 6.43 Å². The maximum absolute atomic E-state index is 12.4. The maximum atomic E-state index is 12.4. The highest BCUT2D eigenvalue weighted by atomic mass is 79.9. The van der Waals surface area contributed by atoms with Crippen LogP contribution < -0.4 is 0 Å². The van der Waals surface area contributed by atoms with Crippen molar-refractivity contribution in [2.24, 2.45) is 0 Å². The van der Waals surface area contributed by atoms with E-state index in [1.165, 1.54) is 0 Å². The van der Waals surface area contributed by atoms with E-state index < -0.39 is 29.0 Å². The Balaban J connectivity index is 3.38. The zero-order valence-electron chi connectivity index (χ0n) is 7.45. The summed E-state index contributed by atoms with van der Waals surface area (Å²) in [6, 6.07) is 0.706. The van der Waals surface area contributed by atoms with Gasteiger partial charge in [0.05, 0.1) is 5.56 Å². The molecule has 0 amide bonds. The van der Waals surface area contributed by atoms with E-state index in [4.69, 9.17) is 11.6 Å². The monoisotopic (exact) mass is 323 g/mol. The van der Waals surface area contributed by atoms with E-state index >= 15 is 0 Å². The molecular formula is C8H4BrClF5N. The lowest BCUT2D eigenvalue weighted by molar-refractivity contribution is -0.141. The van der Waals surface area contributed by atoms with Crippen LogP contribution in [0.5, 0.6) is 0 Å². The highest BCUT2D eigenvalue weighted by Crippen LogP contribution is 2.36. The zero-order valence-corrected chi connectivity index (χ0v) is 9.80. The molecule has 0 unspecified atom stereocenters. The number of alkyl halides is 6. The molecule has 0 aliphatic rings. The van der Waals surface area contributed by atoms with Crippen LogP contribution in [0, 0.1) is 0 Å². The van der Waals surface area contributed by atoms with Gasteiger partial charge in [0.2, 0.25) is 0 Å². The van der Waals surface area contributed by atoms with E-state index in [-0.39, 0.29) is 10.9 Å². The summed E-state index contributed by atoms with van der Waals surface area (Å²) in [5, 5.41) is -1.06. The van der Waals surface area contributed by atoms with Gasteiger partial charge in [-0.3, -0.25) is 0 Å². The van der Waals surface area contributed by atoms with Gasteiger partial charge >= 0.3 is 6.18 Å². The molecule has 1 aromatic rings. The number of hydrogen-bond acceptors (Lipinski definition) is 1. The molecule has 90 valence electrons. The molecule has 1 aromatic heterocycles. The van der Waals surface area contributed by atoms with E-state index in [0.717, 1.165) is 0 Å². The summed E-state index contributed by atoms with van der Waals surface area (Å²) in [6.45, 7) is 0. The Hall–Kier alpha value is -0.430. The van der Waals surface area contributed by atoms with Crippen LogP contribution in [0.3, 0.4) is 0 Å². The van der Waals surface area contributed by atoms with Crippen molar-refractivity contribution >= 4 is 27.5 Å². The minimum absolute atomic E-state index is 0.230. The number of nitrogens with zero attached hydrogens (tertiary/aromatic N) is 1. The third-order valence-corrected chi connectivity index (χ3v) is 2.64. The van der Waals surface area contributed by atoms with Crippen LogP contribution in [0.15, 0.2) is 6.07 Å². The Kier molecular flexibility index (Phi) is 4.12. The molecule has 0 fully saturated rings. The third-order valence-electron chi connectivity index (χ3n) is 1.73. The quantitative estimate of drug-likeness (QED) is 0.440. The van der Waals surface area contributed by atoms with Crippen molar-refractivity contribution < 1.29 is 22.0 Å². The topological polar surface area (TPSA) is 12.9 Å². The zero-order chi connectivity index (χ0) is 12.5. The van der Waals surface area contributed by atoms with Crippen LogP contribution in [0.2, 0.25) is 5.15 Å². The van der Waals surface area contributed by atoms with Gasteiger partial charge in [-0.25, -0.2) is 13.8 Å². The number of rotatable bonds is 2. The molecule has 0 aromatic carbocycles. The van der Waals surface area contributed by atoms with Crippen molar-refractivity contribution in [2.75, 3.05) is 0 Å². The summed E-state index contributed by atoms with van der Waals surface area (Å²) in [6.07, 6.45) is -7.67. The smallest absolute Gasteiger partial charge is 0.231 e. The summed E-state index contributed by atoms with van der Waals surface area (Å²) in [7, 11) is 0. The van der Waals surface area contributed by atoms with Crippen LogP contribution in [-0.2, 0) is 11.5 Å². The molecule has 0 spiro atoms. The lowest BCUT2D eigenvalue weighted by Crippen LogP contribution is -2.12. The predicted molar refractivity (Wildman–Crippen MR) is 51.8 cm³/mol. The van der Waals surface area contributed by atoms with Crippen LogP contribution in [0.4, 0.5) is 22.0 Å². The van der Waals surface area contributed by atoms with Crippen molar-refractivity contribution in [1.29, 1.82) is 0 Å². The molecular weight excluding hydrogens is 320 g/mol. The van der Waals surface area contributed by atoms with E-state index in [1.54, 1.807) is 0 Å². The first kappa shape index (κ1) is 13.6. The highest BCUT2D eigenvalue weighted by molar-refractivity contribution is 9.08. The van der Waals surface area contributed by atoms with E-state index in [2.05, 4.69) is 20.9 Å². The Bertz CT molecular complexity index is 393. The average molecular weight is 324 g/mol. The van der Waals surface area contributed by atoms with Gasteiger partial charge in [0, 0.05) is 5.33 Å². The lowest BCUT2D eigenvalue weighted by atomic mass is 10.1. The first-order valence-corrected chi connectivity index (χ1v) is 5.38. The van der Waals surface area contributed by atoms with Gasteiger partial charge in [0.15, 0.2) is 0 Å². The van der Waals surface area contributed by atoms with Crippen LogP contribution >= 0.6 is 27.5 Å². The predicted octanol–water partition coefficient (Wildman–Crippen LogP) is 4.59. The average Bonchev–Trinajstić information content (AvgIpc) is 2.15. The minimum Gasteiger partial charge on any atom is -0.231 e. The van der Waals surface area contributed by atoms with Crippen molar-refractivity contribution in [3.8, 4) is 0 Å². The molecule has 0 atom stereocenters. The molecule has 1 heterocycles. The molecule has 0 aliphatic carbocycles. The number of hydrogen-bond donors (Lipinski definition) is 0. The van der Waals surface area contributed by atoms with Gasteiger partial charge in [-0.2, -0.15) is 13.2 Å². The summed E-state index contributed by atoms with van der Waals surface area (Å²) >= 11 is 8.03. The fraction of sp³-hybridized carbons (Fsp3) is 0.375. The van der Waals surface area contributed by atoms with Crippen molar-refractivity contribution in [3.05, 3.63) is 28.0 Å². The fourth-order valence-corrected chi connectivity index (χ4v) is 1.70. The third kappa shape index (κ3) is 2.82. The normalized spacial score (nSPS) is 12.2. The molecule has 1 nitrogen and oxygen atoms in total. The Morgan fingerprint density at radius 1 is 1.38 bits per heavy atom. The number of pyridine rings is 1. The summed E-state index contributed by atoms with van der Waals surface area (Å²) in [5.74, 6) is 0. The van der Waals surface area contributed by atoms with Gasteiger partial charge in [0.1, 0.15) is 10.8 Å². The Morgan fingerprint density at radius 2 is 1.94 bits per heavy atom. The van der Waals surface area contributed by atoms with Gasteiger partial charge < -0.3 is 0 Å². The SMILES string of the molecule is FC(F)c1cc(CBr)c(C(F)(F)F)nc1Cl.